The molecule has 0 aromatic carbocycles. The predicted octanol–water partition coefficient (Wildman–Crippen LogP) is 1.18. The van der Waals surface area contributed by atoms with Crippen LogP contribution in [-0.2, 0) is 11.2 Å². The van der Waals surface area contributed by atoms with Gasteiger partial charge < -0.3 is 15.5 Å². The van der Waals surface area contributed by atoms with Crippen LogP contribution < -0.4 is 11.1 Å². The molecule has 2 heterocycles. The summed E-state index contributed by atoms with van der Waals surface area (Å²) < 4.78 is 1.96. The maximum absolute atomic E-state index is 11.2. The fourth-order valence-corrected chi connectivity index (χ4v) is 1.58. The van der Waals surface area contributed by atoms with Crippen LogP contribution in [0.25, 0.3) is 5.65 Å². The van der Waals surface area contributed by atoms with Crippen LogP contribution in [0.15, 0.2) is 30.6 Å². The molecule has 0 saturated heterocycles. The molecule has 2 aromatic heterocycles. The second-order valence-electron chi connectivity index (χ2n) is 4.03. The van der Waals surface area contributed by atoms with E-state index in [2.05, 4.69) is 10.3 Å². The Hall–Kier alpha value is -1.30. The maximum atomic E-state index is 11.2. The van der Waals surface area contributed by atoms with Gasteiger partial charge in [-0.2, -0.15) is 0 Å². The molecule has 0 spiro atoms. The first-order chi connectivity index (χ1) is 8.16. The lowest BCUT2D eigenvalue weighted by molar-refractivity contribution is -0.121. The van der Waals surface area contributed by atoms with Gasteiger partial charge in [0.25, 0.3) is 0 Å². The highest BCUT2D eigenvalue weighted by atomic mass is 35.5. The summed E-state index contributed by atoms with van der Waals surface area (Å²) in [5.41, 5.74) is 7.32. The Bertz CT molecular complexity index is 494. The van der Waals surface area contributed by atoms with E-state index in [9.17, 15) is 4.79 Å². The van der Waals surface area contributed by atoms with Crippen LogP contribution in [0.5, 0.6) is 0 Å². The number of nitrogens with two attached hydrogens (primary N) is 1. The van der Waals surface area contributed by atoms with Gasteiger partial charge in [-0.15, -0.1) is 24.8 Å². The van der Waals surface area contributed by atoms with Gasteiger partial charge in [0, 0.05) is 25.4 Å². The minimum atomic E-state index is -0.462. The van der Waals surface area contributed by atoms with Crippen LogP contribution in [0, 0.1) is 0 Å². The van der Waals surface area contributed by atoms with Crippen LogP contribution in [0.2, 0.25) is 0 Å². The Kier molecular flexibility index (Phi) is 7.44. The fourth-order valence-electron chi connectivity index (χ4n) is 1.58. The smallest absolute Gasteiger partial charge is 0.236 e. The second-order valence-corrected chi connectivity index (χ2v) is 4.03. The molecular weight excluding hydrogens is 287 g/mol. The third-order valence-corrected chi connectivity index (χ3v) is 2.51. The molecule has 0 aliphatic heterocycles. The molecule has 0 unspecified atom stereocenters. The lowest BCUT2D eigenvalue weighted by atomic mass is 10.3. The summed E-state index contributed by atoms with van der Waals surface area (Å²) in [6.45, 7) is 2.23. The van der Waals surface area contributed by atoms with Gasteiger partial charge in [-0.05, 0) is 19.1 Å². The van der Waals surface area contributed by atoms with E-state index in [1.807, 2.05) is 35.0 Å². The second kappa shape index (κ2) is 7.99. The first kappa shape index (κ1) is 17.7. The third-order valence-electron chi connectivity index (χ3n) is 2.51. The molecule has 2 aromatic rings. The minimum Gasteiger partial charge on any atom is -0.354 e. The zero-order valence-electron chi connectivity index (χ0n) is 10.6. The van der Waals surface area contributed by atoms with Gasteiger partial charge in [0.1, 0.15) is 5.65 Å². The van der Waals surface area contributed by atoms with Gasteiger partial charge in [0.05, 0.1) is 11.7 Å². The number of halogens is 2. The number of carbonyl (C=O) groups excluding carboxylic acids is 1. The molecule has 106 valence electrons. The summed E-state index contributed by atoms with van der Waals surface area (Å²) >= 11 is 0. The SMILES string of the molecule is C[C@@H](N)C(=O)NCCc1cn2ccccc2n1.Cl.Cl. The molecule has 2 rings (SSSR count). The average Bonchev–Trinajstić information content (AvgIpc) is 2.71. The predicted molar refractivity (Wildman–Crippen MR) is 80.1 cm³/mol. The number of nitrogens with zero attached hydrogens (tertiary/aromatic N) is 2. The number of hydrogen-bond acceptors (Lipinski definition) is 3. The summed E-state index contributed by atoms with van der Waals surface area (Å²) in [4.78, 5) is 15.7. The zero-order chi connectivity index (χ0) is 12.3. The maximum Gasteiger partial charge on any atom is 0.236 e. The first-order valence-corrected chi connectivity index (χ1v) is 5.63. The quantitative estimate of drug-likeness (QED) is 0.891. The molecule has 19 heavy (non-hydrogen) atoms. The highest BCUT2D eigenvalue weighted by Gasteiger charge is 2.06. The molecule has 0 saturated carbocycles. The molecule has 0 aliphatic carbocycles. The summed E-state index contributed by atoms with van der Waals surface area (Å²) in [6, 6.07) is 5.39. The topological polar surface area (TPSA) is 72.4 Å². The summed E-state index contributed by atoms with van der Waals surface area (Å²) in [5.74, 6) is -0.131. The standard InChI is InChI=1S/C12H16N4O.2ClH/c1-9(13)12(17)14-6-5-10-8-16-7-3-2-4-11(16)15-10;;/h2-4,7-9H,5-6,13H2,1H3,(H,14,17);2*1H/t9-;;/m1../s1. The van der Waals surface area contributed by atoms with Crippen molar-refractivity contribution in [2.24, 2.45) is 5.73 Å². The third kappa shape index (κ3) is 4.70. The Balaban J connectivity index is 0.00000162. The summed E-state index contributed by atoms with van der Waals surface area (Å²) in [5, 5.41) is 2.76. The van der Waals surface area contributed by atoms with Crippen molar-refractivity contribution in [2.45, 2.75) is 19.4 Å². The number of pyridine rings is 1. The van der Waals surface area contributed by atoms with Crippen molar-refractivity contribution in [2.75, 3.05) is 6.54 Å². The van der Waals surface area contributed by atoms with Crippen molar-refractivity contribution in [3.05, 3.63) is 36.3 Å². The number of carbonyl (C=O) groups is 1. The molecule has 7 heteroatoms. The largest absolute Gasteiger partial charge is 0.354 e. The Morgan fingerprint density at radius 2 is 2.21 bits per heavy atom. The first-order valence-electron chi connectivity index (χ1n) is 5.63. The number of rotatable bonds is 4. The highest BCUT2D eigenvalue weighted by Crippen LogP contribution is 2.04. The molecule has 0 aliphatic rings. The van der Waals surface area contributed by atoms with Gasteiger partial charge >= 0.3 is 0 Å². The van der Waals surface area contributed by atoms with Crippen LogP contribution in [-0.4, -0.2) is 27.9 Å². The Morgan fingerprint density at radius 3 is 2.84 bits per heavy atom. The fraction of sp³-hybridized carbons (Fsp3) is 0.333. The monoisotopic (exact) mass is 304 g/mol. The molecule has 1 amide bonds. The van der Waals surface area contributed by atoms with E-state index in [4.69, 9.17) is 5.73 Å². The van der Waals surface area contributed by atoms with E-state index >= 15 is 0 Å². The van der Waals surface area contributed by atoms with Gasteiger partial charge in [-0.1, -0.05) is 6.07 Å². The minimum absolute atomic E-state index is 0. The van der Waals surface area contributed by atoms with E-state index in [0.717, 1.165) is 11.3 Å². The number of imidazole rings is 1. The molecule has 0 bridgehead atoms. The summed E-state index contributed by atoms with van der Waals surface area (Å²) in [7, 11) is 0. The number of fused-ring (bicyclic) bond motifs is 1. The average molecular weight is 305 g/mol. The van der Waals surface area contributed by atoms with Crippen LogP contribution in [0.4, 0.5) is 0 Å². The van der Waals surface area contributed by atoms with Crippen LogP contribution >= 0.6 is 24.8 Å². The number of aromatic nitrogens is 2. The van der Waals surface area contributed by atoms with Crippen molar-refractivity contribution >= 4 is 36.4 Å². The van der Waals surface area contributed by atoms with Crippen LogP contribution in [0.3, 0.4) is 0 Å². The van der Waals surface area contributed by atoms with E-state index in [-0.39, 0.29) is 30.7 Å². The number of amides is 1. The normalized spacial score (nSPS) is 11.3. The van der Waals surface area contributed by atoms with E-state index < -0.39 is 6.04 Å². The van der Waals surface area contributed by atoms with Gasteiger partial charge in [-0.3, -0.25) is 4.79 Å². The molecule has 5 nitrogen and oxygen atoms in total. The Labute approximate surface area is 124 Å². The molecule has 0 fully saturated rings. The molecule has 1 atom stereocenters. The van der Waals surface area contributed by atoms with Crippen molar-refractivity contribution in [1.29, 1.82) is 0 Å². The summed E-state index contributed by atoms with van der Waals surface area (Å²) in [6.07, 6.45) is 4.62. The lowest BCUT2D eigenvalue weighted by Gasteiger charge is -2.05. The van der Waals surface area contributed by atoms with Crippen molar-refractivity contribution < 1.29 is 4.79 Å². The molecule has 0 radical (unpaired) electrons. The van der Waals surface area contributed by atoms with Crippen molar-refractivity contribution in [3.8, 4) is 0 Å². The number of nitrogens with one attached hydrogen (secondary N) is 1. The highest BCUT2D eigenvalue weighted by molar-refractivity contribution is 5.85. The van der Waals surface area contributed by atoms with E-state index in [1.54, 1.807) is 6.92 Å². The number of hydrogen-bond donors (Lipinski definition) is 2. The molecular formula is C12H18Cl2N4O. The van der Waals surface area contributed by atoms with E-state index in [0.29, 0.717) is 13.0 Å². The van der Waals surface area contributed by atoms with Crippen molar-refractivity contribution in [1.82, 2.24) is 14.7 Å². The lowest BCUT2D eigenvalue weighted by Crippen LogP contribution is -2.39. The van der Waals surface area contributed by atoms with Gasteiger partial charge in [-0.25, -0.2) is 4.98 Å². The Morgan fingerprint density at radius 1 is 1.47 bits per heavy atom. The van der Waals surface area contributed by atoms with Crippen molar-refractivity contribution in [3.63, 3.8) is 0 Å². The van der Waals surface area contributed by atoms with Gasteiger partial charge in [0.15, 0.2) is 0 Å². The van der Waals surface area contributed by atoms with Gasteiger partial charge in [0.2, 0.25) is 5.91 Å². The molecule has 3 N–H and O–H groups in total. The zero-order valence-corrected chi connectivity index (χ0v) is 12.2. The van der Waals surface area contributed by atoms with E-state index in [1.165, 1.54) is 0 Å². The van der Waals surface area contributed by atoms with Crippen LogP contribution in [0.1, 0.15) is 12.6 Å².